The van der Waals surface area contributed by atoms with E-state index in [-0.39, 0.29) is 23.6 Å². The number of carbonyl (C=O) groups excluding carboxylic acids is 1. The van der Waals surface area contributed by atoms with Gasteiger partial charge in [0.25, 0.3) is 0 Å². The second kappa shape index (κ2) is 8.27. The van der Waals surface area contributed by atoms with E-state index >= 15 is 0 Å². The van der Waals surface area contributed by atoms with Crippen LogP contribution in [0.4, 0.5) is 14.5 Å². The third-order valence-corrected chi connectivity index (χ3v) is 4.81. The SMILES string of the molecule is CC(C(=O)NCc1ccc(F)cc1)N1CCN(c2ccc(F)cc2)CC1. The maximum absolute atomic E-state index is 13.0. The summed E-state index contributed by atoms with van der Waals surface area (Å²) in [7, 11) is 0. The molecule has 138 valence electrons. The Morgan fingerprint density at radius 1 is 0.962 bits per heavy atom. The van der Waals surface area contributed by atoms with Gasteiger partial charge in [0.15, 0.2) is 0 Å². The first-order chi connectivity index (χ1) is 12.5. The van der Waals surface area contributed by atoms with Gasteiger partial charge in [-0.05, 0) is 48.9 Å². The normalized spacial score (nSPS) is 16.3. The van der Waals surface area contributed by atoms with Crippen molar-refractivity contribution in [2.75, 3.05) is 31.1 Å². The molecule has 6 heteroatoms. The van der Waals surface area contributed by atoms with E-state index in [4.69, 9.17) is 0 Å². The largest absolute Gasteiger partial charge is 0.369 e. The molecule has 1 N–H and O–H groups in total. The second-order valence-corrected chi connectivity index (χ2v) is 6.52. The van der Waals surface area contributed by atoms with Crippen molar-refractivity contribution in [1.29, 1.82) is 0 Å². The van der Waals surface area contributed by atoms with Crippen LogP contribution in [0.5, 0.6) is 0 Å². The zero-order valence-corrected chi connectivity index (χ0v) is 14.8. The first-order valence-electron chi connectivity index (χ1n) is 8.79. The van der Waals surface area contributed by atoms with E-state index in [0.717, 1.165) is 37.4 Å². The Balaban J connectivity index is 1.48. The average Bonchev–Trinajstić information content (AvgIpc) is 2.67. The van der Waals surface area contributed by atoms with Crippen molar-refractivity contribution in [3.63, 3.8) is 0 Å². The highest BCUT2D eigenvalue weighted by Crippen LogP contribution is 2.17. The molecule has 1 aliphatic rings. The maximum atomic E-state index is 13.0. The molecule has 26 heavy (non-hydrogen) atoms. The van der Waals surface area contributed by atoms with E-state index in [0.29, 0.717) is 6.54 Å². The summed E-state index contributed by atoms with van der Waals surface area (Å²) in [6.45, 7) is 5.40. The molecule has 1 saturated heterocycles. The fraction of sp³-hybridized carbons (Fsp3) is 0.350. The van der Waals surface area contributed by atoms with Crippen LogP contribution in [0.15, 0.2) is 48.5 Å². The summed E-state index contributed by atoms with van der Waals surface area (Å²) in [5, 5.41) is 2.91. The summed E-state index contributed by atoms with van der Waals surface area (Å²) in [6.07, 6.45) is 0. The number of hydrogen-bond donors (Lipinski definition) is 1. The molecule has 1 amide bonds. The van der Waals surface area contributed by atoms with E-state index in [9.17, 15) is 13.6 Å². The third kappa shape index (κ3) is 4.58. The quantitative estimate of drug-likeness (QED) is 0.892. The van der Waals surface area contributed by atoms with Gasteiger partial charge in [-0.1, -0.05) is 12.1 Å². The Morgan fingerprint density at radius 2 is 1.50 bits per heavy atom. The van der Waals surface area contributed by atoms with Gasteiger partial charge in [-0.25, -0.2) is 8.78 Å². The number of benzene rings is 2. The van der Waals surface area contributed by atoms with Crippen LogP contribution >= 0.6 is 0 Å². The molecule has 4 nitrogen and oxygen atoms in total. The molecule has 1 unspecified atom stereocenters. The van der Waals surface area contributed by atoms with E-state index in [1.54, 1.807) is 24.3 Å². The predicted molar refractivity (Wildman–Crippen MR) is 97.9 cm³/mol. The molecule has 0 aromatic heterocycles. The monoisotopic (exact) mass is 359 g/mol. The molecule has 2 aromatic carbocycles. The molecule has 0 saturated carbocycles. The molecule has 0 bridgehead atoms. The molecule has 1 atom stereocenters. The summed E-state index contributed by atoms with van der Waals surface area (Å²) < 4.78 is 25.9. The number of halogens is 2. The van der Waals surface area contributed by atoms with Crippen LogP contribution in [0, 0.1) is 11.6 Å². The second-order valence-electron chi connectivity index (χ2n) is 6.52. The van der Waals surface area contributed by atoms with Gasteiger partial charge in [-0.2, -0.15) is 0 Å². The first kappa shape index (κ1) is 18.3. The molecule has 0 radical (unpaired) electrons. The van der Waals surface area contributed by atoms with Gasteiger partial charge in [0.05, 0.1) is 6.04 Å². The van der Waals surface area contributed by atoms with Crippen LogP contribution in [0.1, 0.15) is 12.5 Å². The lowest BCUT2D eigenvalue weighted by atomic mass is 10.2. The minimum absolute atomic E-state index is 0.0374. The van der Waals surface area contributed by atoms with Crippen molar-refractivity contribution < 1.29 is 13.6 Å². The number of anilines is 1. The van der Waals surface area contributed by atoms with E-state index in [2.05, 4.69) is 15.1 Å². The Hall–Kier alpha value is -2.47. The highest BCUT2D eigenvalue weighted by atomic mass is 19.1. The minimum atomic E-state index is -0.285. The fourth-order valence-electron chi connectivity index (χ4n) is 3.12. The zero-order valence-electron chi connectivity index (χ0n) is 14.8. The van der Waals surface area contributed by atoms with Gasteiger partial charge in [-0.15, -0.1) is 0 Å². The molecule has 1 fully saturated rings. The summed E-state index contributed by atoms with van der Waals surface area (Å²) in [5.74, 6) is -0.559. The van der Waals surface area contributed by atoms with Crippen LogP contribution in [0.3, 0.4) is 0 Å². The number of nitrogens with zero attached hydrogens (tertiary/aromatic N) is 2. The summed E-state index contributed by atoms with van der Waals surface area (Å²) >= 11 is 0. The average molecular weight is 359 g/mol. The van der Waals surface area contributed by atoms with Crippen molar-refractivity contribution in [3.8, 4) is 0 Å². The molecule has 1 aliphatic heterocycles. The molecule has 2 aromatic rings. The van der Waals surface area contributed by atoms with Crippen molar-refractivity contribution in [1.82, 2.24) is 10.2 Å². The van der Waals surface area contributed by atoms with Crippen molar-refractivity contribution in [2.24, 2.45) is 0 Å². The number of amides is 1. The number of piperazine rings is 1. The number of carbonyl (C=O) groups is 1. The van der Waals surface area contributed by atoms with Crippen molar-refractivity contribution >= 4 is 11.6 Å². The van der Waals surface area contributed by atoms with Gasteiger partial charge < -0.3 is 10.2 Å². The summed E-state index contributed by atoms with van der Waals surface area (Å²) in [5.41, 5.74) is 1.87. The molecular formula is C20H23F2N3O. The smallest absolute Gasteiger partial charge is 0.237 e. The standard InChI is InChI=1S/C20H23F2N3O/c1-15(20(26)23-14-16-2-4-17(21)5-3-16)24-10-12-25(13-11-24)19-8-6-18(22)7-9-19/h2-9,15H,10-14H2,1H3,(H,23,26). The lowest BCUT2D eigenvalue weighted by Crippen LogP contribution is -2.53. The Labute approximate surface area is 152 Å². The molecule has 0 aliphatic carbocycles. The molecular weight excluding hydrogens is 336 g/mol. The lowest BCUT2D eigenvalue weighted by Gasteiger charge is -2.38. The Morgan fingerprint density at radius 3 is 2.08 bits per heavy atom. The van der Waals surface area contributed by atoms with Gasteiger partial charge in [0.2, 0.25) is 5.91 Å². The summed E-state index contributed by atoms with van der Waals surface area (Å²) in [6, 6.07) is 12.4. The highest BCUT2D eigenvalue weighted by Gasteiger charge is 2.25. The van der Waals surface area contributed by atoms with Gasteiger partial charge in [0, 0.05) is 38.4 Å². The molecule has 1 heterocycles. The van der Waals surface area contributed by atoms with Crippen LogP contribution in [0.2, 0.25) is 0 Å². The van der Waals surface area contributed by atoms with Crippen molar-refractivity contribution in [3.05, 3.63) is 65.7 Å². The summed E-state index contributed by atoms with van der Waals surface area (Å²) in [4.78, 5) is 16.7. The topological polar surface area (TPSA) is 35.6 Å². The van der Waals surface area contributed by atoms with E-state index in [1.807, 2.05) is 6.92 Å². The molecule has 0 spiro atoms. The van der Waals surface area contributed by atoms with Crippen LogP contribution in [-0.2, 0) is 11.3 Å². The zero-order chi connectivity index (χ0) is 18.5. The van der Waals surface area contributed by atoms with Gasteiger partial charge in [0.1, 0.15) is 11.6 Å². The number of nitrogens with one attached hydrogen (secondary N) is 1. The predicted octanol–water partition coefficient (Wildman–Crippen LogP) is 2.79. The number of rotatable bonds is 5. The lowest BCUT2D eigenvalue weighted by molar-refractivity contribution is -0.126. The van der Waals surface area contributed by atoms with Crippen LogP contribution < -0.4 is 10.2 Å². The van der Waals surface area contributed by atoms with Crippen molar-refractivity contribution in [2.45, 2.75) is 19.5 Å². The Bertz CT molecular complexity index is 726. The number of hydrogen-bond acceptors (Lipinski definition) is 3. The van der Waals surface area contributed by atoms with E-state index in [1.165, 1.54) is 24.3 Å². The van der Waals surface area contributed by atoms with E-state index < -0.39 is 0 Å². The van der Waals surface area contributed by atoms with Crippen LogP contribution in [0.25, 0.3) is 0 Å². The maximum Gasteiger partial charge on any atom is 0.237 e. The highest BCUT2D eigenvalue weighted by molar-refractivity contribution is 5.81. The van der Waals surface area contributed by atoms with Crippen LogP contribution in [-0.4, -0.2) is 43.0 Å². The minimum Gasteiger partial charge on any atom is -0.369 e. The third-order valence-electron chi connectivity index (χ3n) is 4.81. The fourth-order valence-corrected chi connectivity index (χ4v) is 3.12. The molecule has 3 rings (SSSR count). The van der Waals surface area contributed by atoms with Gasteiger partial charge >= 0.3 is 0 Å². The van der Waals surface area contributed by atoms with Gasteiger partial charge in [-0.3, -0.25) is 9.69 Å². The first-order valence-corrected chi connectivity index (χ1v) is 8.79. The Kier molecular flexibility index (Phi) is 5.83.